The third-order valence-corrected chi connectivity index (χ3v) is 2.68. The van der Waals surface area contributed by atoms with Crippen LogP contribution in [0.2, 0.25) is 0 Å². The van der Waals surface area contributed by atoms with Gasteiger partial charge in [0.2, 0.25) is 0 Å². The highest BCUT2D eigenvalue weighted by Crippen LogP contribution is 2.07. The highest BCUT2D eigenvalue weighted by Gasteiger charge is 1.96. The van der Waals surface area contributed by atoms with Gasteiger partial charge in [0.15, 0.2) is 5.96 Å². The number of nitrogens with one attached hydrogen (secondary N) is 1. The molecule has 3 N–H and O–H groups in total. The maximum atomic E-state index is 5.79. The molecule has 106 valence electrons. The first-order chi connectivity index (χ1) is 9.08. The summed E-state index contributed by atoms with van der Waals surface area (Å²) in [7, 11) is 0. The van der Waals surface area contributed by atoms with Crippen molar-refractivity contribution in [3.63, 3.8) is 0 Å². The molecular weight excluding hydrogens is 238 g/mol. The molecule has 0 atom stereocenters. The Balaban J connectivity index is 2.20. The van der Waals surface area contributed by atoms with E-state index >= 15 is 0 Å². The van der Waals surface area contributed by atoms with E-state index in [4.69, 9.17) is 10.5 Å². The third kappa shape index (κ3) is 7.47. The molecular formula is C15H25N3O. The highest BCUT2D eigenvalue weighted by molar-refractivity contribution is 5.92. The number of guanidine groups is 1. The fourth-order valence-corrected chi connectivity index (χ4v) is 1.48. The number of hydrogen-bond acceptors (Lipinski definition) is 2. The monoisotopic (exact) mass is 263 g/mol. The van der Waals surface area contributed by atoms with Crippen LogP contribution in [0.5, 0.6) is 0 Å². The van der Waals surface area contributed by atoms with Crippen molar-refractivity contribution in [2.45, 2.75) is 27.2 Å². The predicted molar refractivity (Wildman–Crippen MR) is 81.6 cm³/mol. The van der Waals surface area contributed by atoms with Gasteiger partial charge in [-0.3, -0.25) is 4.99 Å². The largest absolute Gasteiger partial charge is 0.380 e. The second-order valence-electron chi connectivity index (χ2n) is 5.05. The van der Waals surface area contributed by atoms with Gasteiger partial charge in [0, 0.05) is 12.3 Å². The standard InChI is InChI=1S/C15H25N3O/c1-12(2)8-10-19-11-9-17-15(16)18-14-6-4-13(3)5-7-14/h4-7,12H,8-11H2,1-3H3,(H3,16,17,18). The van der Waals surface area contributed by atoms with Crippen LogP contribution in [0.1, 0.15) is 25.8 Å². The summed E-state index contributed by atoms with van der Waals surface area (Å²) in [6.45, 7) is 8.41. The molecule has 0 spiro atoms. The third-order valence-electron chi connectivity index (χ3n) is 2.68. The van der Waals surface area contributed by atoms with Crippen molar-refractivity contribution in [3.8, 4) is 0 Å². The Bertz CT molecular complexity index is 385. The number of rotatable bonds is 7. The molecule has 1 aromatic carbocycles. The van der Waals surface area contributed by atoms with Gasteiger partial charge in [0.25, 0.3) is 0 Å². The number of ether oxygens (including phenoxy) is 1. The van der Waals surface area contributed by atoms with Crippen molar-refractivity contribution in [1.82, 2.24) is 0 Å². The minimum Gasteiger partial charge on any atom is -0.380 e. The first-order valence-corrected chi connectivity index (χ1v) is 6.79. The number of aryl methyl sites for hydroxylation is 1. The van der Waals surface area contributed by atoms with Crippen LogP contribution in [0.15, 0.2) is 29.3 Å². The van der Waals surface area contributed by atoms with E-state index in [1.807, 2.05) is 24.3 Å². The van der Waals surface area contributed by atoms with Crippen molar-refractivity contribution >= 4 is 11.6 Å². The van der Waals surface area contributed by atoms with Gasteiger partial charge in [-0.05, 0) is 31.4 Å². The molecule has 0 aliphatic rings. The Morgan fingerprint density at radius 2 is 1.95 bits per heavy atom. The van der Waals surface area contributed by atoms with E-state index in [1.54, 1.807) is 0 Å². The molecule has 0 bridgehead atoms. The van der Waals surface area contributed by atoms with Crippen LogP contribution in [0.25, 0.3) is 0 Å². The number of anilines is 1. The van der Waals surface area contributed by atoms with Crippen LogP contribution in [0, 0.1) is 12.8 Å². The summed E-state index contributed by atoms with van der Waals surface area (Å²) in [6, 6.07) is 8.03. The Labute approximate surface area is 116 Å². The lowest BCUT2D eigenvalue weighted by atomic mass is 10.1. The maximum absolute atomic E-state index is 5.79. The number of nitrogens with two attached hydrogens (primary N) is 1. The summed E-state index contributed by atoms with van der Waals surface area (Å²) in [5.74, 6) is 1.10. The molecule has 0 unspecified atom stereocenters. The van der Waals surface area contributed by atoms with Crippen LogP contribution in [-0.2, 0) is 4.74 Å². The summed E-state index contributed by atoms with van der Waals surface area (Å²) < 4.78 is 5.47. The molecule has 4 nitrogen and oxygen atoms in total. The zero-order valence-electron chi connectivity index (χ0n) is 12.1. The Hall–Kier alpha value is -1.55. The summed E-state index contributed by atoms with van der Waals surface area (Å²) in [4.78, 5) is 4.22. The van der Waals surface area contributed by atoms with Crippen molar-refractivity contribution < 1.29 is 4.74 Å². The van der Waals surface area contributed by atoms with Crippen molar-refractivity contribution in [3.05, 3.63) is 29.8 Å². The molecule has 0 saturated heterocycles. The predicted octanol–water partition coefficient (Wildman–Crippen LogP) is 2.78. The Morgan fingerprint density at radius 3 is 2.58 bits per heavy atom. The minimum atomic E-state index is 0.427. The van der Waals surface area contributed by atoms with Gasteiger partial charge in [-0.2, -0.15) is 0 Å². The van der Waals surface area contributed by atoms with Crippen LogP contribution in [-0.4, -0.2) is 25.7 Å². The van der Waals surface area contributed by atoms with E-state index in [9.17, 15) is 0 Å². The molecule has 0 aliphatic carbocycles. The second kappa shape index (κ2) is 8.53. The van der Waals surface area contributed by atoms with Crippen molar-refractivity contribution in [2.24, 2.45) is 16.6 Å². The normalized spacial score (nSPS) is 11.9. The van der Waals surface area contributed by atoms with Gasteiger partial charge in [-0.1, -0.05) is 31.5 Å². The molecule has 19 heavy (non-hydrogen) atoms. The fraction of sp³-hybridized carbons (Fsp3) is 0.533. The SMILES string of the molecule is Cc1ccc(NC(N)=NCCOCCC(C)C)cc1. The zero-order chi connectivity index (χ0) is 14.1. The van der Waals surface area contributed by atoms with Gasteiger partial charge in [-0.25, -0.2) is 0 Å². The molecule has 4 heteroatoms. The van der Waals surface area contributed by atoms with Crippen LogP contribution >= 0.6 is 0 Å². The first kappa shape index (κ1) is 15.5. The van der Waals surface area contributed by atoms with E-state index in [1.165, 1.54) is 5.56 Å². The van der Waals surface area contributed by atoms with Gasteiger partial charge in [0.1, 0.15) is 0 Å². The molecule has 0 heterocycles. The number of benzene rings is 1. The van der Waals surface area contributed by atoms with Crippen LogP contribution in [0.3, 0.4) is 0 Å². The number of nitrogens with zero attached hydrogens (tertiary/aromatic N) is 1. The number of hydrogen-bond donors (Lipinski definition) is 2. The van der Waals surface area contributed by atoms with E-state index in [0.717, 1.165) is 18.7 Å². The zero-order valence-corrected chi connectivity index (χ0v) is 12.1. The number of aliphatic imine (C=N–C) groups is 1. The molecule has 0 aliphatic heterocycles. The molecule has 0 fully saturated rings. The summed E-state index contributed by atoms with van der Waals surface area (Å²) in [5, 5.41) is 3.05. The molecule has 0 amide bonds. The summed E-state index contributed by atoms with van der Waals surface area (Å²) >= 11 is 0. The Kier molecular flexibility index (Phi) is 6.97. The highest BCUT2D eigenvalue weighted by atomic mass is 16.5. The van der Waals surface area contributed by atoms with Crippen LogP contribution in [0.4, 0.5) is 5.69 Å². The molecule has 0 saturated carbocycles. The molecule has 0 radical (unpaired) electrons. The lowest BCUT2D eigenvalue weighted by molar-refractivity contribution is 0.131. The van der Waals surface area contributed by atoms with E-state index in [-0.39, 0.29) is 0 Å². The second-order valence-corrected chi connectivity index (χ2v) is 5.05. The van der Waals surface area contributed by atoms with E-state index < -0.39 is 0 Å². The Morgan fingerprint density at radius 1 is 1.26 bits per heavy atom. The van der Waals surface area contributed by atoms with E-state index in [0.29, 0.717) is 25.0 Å². The van der Waals surface area contributed by atoms with Crippen molar-refractivity contribution in [1.29, 1.82) is 0 Å². The lowest BCUT2D eigenvalue weighted by Crippen LogP contribution is -2.23. The lowest BCUT2D eigenvalue weighted by Gasteiger charge is -2.07. The fourth-order valence-electron chi connectivity index (χ4n) is 1.48. The quantitative estimate of drug-likeness (QED) is 0.452. The molecule has 1 aromatic rings. The van der Waals surface area contributed by atoms with Gasteiger partial charge in [0.05, 0.1) is 13.2 Å². The van der Waals surface area contributed by atoms with Crippen LogP contribution < -0.4 is 11.1 Å². The maximum Gasteiger partial charge on any atom is 0.193 e. The molecule has 1 rings (SSSR count). The summed E-state index contributed by atoms with van der Waals surface area (Å²) in [6.07, 6.45) is 1.08. The summed E-state index contributed by atoms with van der Waals surface area (Å²) in [5.41, 5.74) is 7.96. The molecule has 0 aromatic heterocycles. The smallest absolute Gasteiger partial charge is 0.193 e. The van der Waals surface area contributed by atoms with Gasteiger partial charge < -0.3 is 15.8 Å². The first-order valence-electron chi connectivity index (χ1n) is 6.79. The average Bonchev–Trinajstić information content (AvgIpc) is 2.36. The van der Waals surface area contributed by atoms with Gasteiger partial charge >= 0.3 is 0 Å². The van der Waals surface area contributed by atoms with Gasteiger partial charge in [-0.15, -0.1) is 0 Å². The average molecular weight is 263 g/mol. The van der Waals surface area contributed by atoms with Crippen molar-refractivity contribution in [2.75, 3.05) is 25.1 Å². The minimum absolute atomic E-state index is 0.427. The van der Waals surface area contributed by atoms with E-state index in [2.05, 4.69) is 31.1 Å². The topological polar surface area (TPSA) is 59.6 Å².